The molecule has 0 aliphatic heterocycles. The summed E-state index contributed by atoms with van der Waals surface area (Å²) in [5.41, 5.74) is 13.3. The van der Waals surface area contributed by atoms with Crippen LogP contribution in [0.2, 0.25) is 0 Å². The fraction of sp³-hybridized carbons (Fsp3) is 0. The number of nitrogens with zero attached hydrogens (tertiary/aromatic N) is 2. The summed E-state index contributed by atoms with van der Waals surface area (Å²) in [5, 5.41) is 7.08. The number of furan rings is 1. The summed E-state index contributed by atoms with van der Waals surface area (Å²) in [6.07, 6.45) is 0. The highest BCUT2D eigenvalue weighted by Gasteiger charge is 2.19. The first-order valence-corrected chi connectivity index (χ1v) is 18.8. The SMILES string of the molecule is c1ccc(-c2ccc(N(c3ccccc3)c3ccc4c(ccc5oc6cccc(-c7ccc8c9ccccc9n(-c9ccccc9)c8c7)c6c54)c3)cc2)cc1. The van der Waals surface area contributed by atoms with Crippen molar-refractivity contribution in [2.75, 3.05) is 4.90 Å². The lowest BCUT2D eigenvalue weighted by Crippen LogP contribution is -2.09. The van der Waals surface area contributed by atoms with Crippen molar-refractivity contribution in [1.29, 1.82) is 0 Å². The molecule has 258 valence electrons. The molecule has 2 heterocycles. The van der Waals surface area contributed by atoms with Crippen LogP contribution in [0.15, 0.2) is 211 Å². The van der Waals surface area contributed by atoms with Gasteiger partial charge < -0.3 is 13.9 Å². The summed E-state index contributed by atoms with van der Waals surface area (Å²) >= 11 is 0. The first kappa shape index (κ1) is 31.2. The van der Waals surface area contributed by atoms with Crippen LogP contribution < -0.4 is 4.90 Å². The largest absolute Gasteiger partial charge is 0.456 e. The van der Waals surface area contributed by atoms with E-state index in [0.29, 0.717) is 0 Å². The number of hydrogen-bond donors (Lipinski definition) is 0. The molecule has 0 radical (unpaired) electrons. The van der Waals surface area contributed by atoms with Crippen LogP contribution in [0.3, 0.4) is 0 Å². The van der Waals surface area contributed by atoms with Crippen LogP contribution in [0.5, 0.6) is 0 Å². The number of rotatable bonds is 6. The van der Waals surface area contributed by atoms with Crippen molar-refractivity contribution in [3.8, 4) is 27.9 Å². The molecule has 0 spiro atoms. The minimum atomic E-state index is 0.886. The molecule has 0 aliphatic carbocycles. The van der Waals surface area contributed by atoms with Crippen LogP contribution in [-0.2, 0) is 0 Å². The van der Waals surface area contributed by atoms with Gasteiger partial charge in [0.2, 0.25) is 0 Å². The average molecular weight is 703 g/mol. The Morgan fingerprint density at radius 3 is 1.80 bits per heavy atom. The molecule has 3 nitrogen and oxygen atoms in total. The summed E-state index contributed by atoms with van der Waals surface area (Å²) in [5.74, 6) is 0. The average Bonchev–Trinajstić information content (AvgIpc) is 3.81. The summed E-state index contributed by atoms with van der Waals surface area (Å²) < 4.78 is 8.98. The number of anilines is 3. The maximum absolute atomic E-state index is 6.60. The molecule has 0 unspecified atom stereocenters. The second-order valence-corrected chi connectivity index (χ2v) is 14.1. The Kier molecular flexibility index (Phi) is 7.17. The Bertz CT molecular complexity index is 3180. The van der Waals surface area contributed by atoms with E-state index in [2.05, 4.69) is 216 Å². The van der Waals surface area contributed by atoms with E-state index in [1.165, 1.54) is 38.3 Å². The molecule has 0 saturated heterocycles. The Hall–Kier alpha value is -7.36. The highest BCUT2D eigenvalue weighted by Crippen LogP contribution is 2.44. The van der Waals surface area contributed by atoms with Crippen molar-refractivity contribution >= 4 is 71.6 Å². The molecule has 0 saturated carbocycles. The van der Waals surface area contributed by atoms with Crippen molar-refractivity contribution < 1.29 is 4.42 Å². The van der Waals surface area contributed by atoms with E-state index in [9.17, 15) is 0 Å². The molecule has 11 aromatic rings. The zero-order valence-electron chi connectivity index (χ0n) is 29.9. The molecular formula is C52H34N2O. The zero-order valence-corrected chi connectivity index (χ0v) is 29.9. The van der Waals surface area contributed by atoms with Crippen LogP contribution in [0, 0.1) is 0 Å². The Morgan fingerprint density at radius 1 is 0.364 bits per heavy atom. The minimum Gasteiger partial charge on any atom is -0.456 e. The van der Waals surface area contributed by atoms with Crippen LogP contribution >= 0.6 is 0 Å². The molecule has 55 heavy (non-hydrogen) atoms. The van der Waals surface area contributed by atoms with Gasteiger partial charge in [-0.15, -0.1) is 0 Å². The Labute approximate surface area is 318 Å². The lowest BCUT2D eigenvalue weighted by Gasteiger charge is -2.26. The van der Waals surface area contributed by atoms with E-state index in [1.807, 2.05) is 0 Å². The lowest BCUT2D eigenvalue weighted by atomic mass is 9.95. The van der Waals surface area contributed by atoms with Crippen LogP contribution in [0.1, 0.15) is 0 Å². The zero-order chi connectivity index (χ0) is 36.3. The molecule has 0 fully saturated rings. The standard InChI is InChI=1S/C52H34N2O/c1-4-13-35(14-5-1)36-23-27-41(28-24-36)53(39-15-6-2-7-16-39)42-29-31-44-37(33-42)26-32-50-52(44)51-43(20-12-22-49(51)55-50)38-25-30-46-45-19-10-11-21-47(45)54(48(46)34-38)40-17-8-3-9-18-40/h1-34H. The summed E-state index contributed by atoms with van der Waals surface area (Å²) in [6.45, 7) is 0. The maximum atomic E-state index is 6.60. The van der Waals surface area contributed by atoms with Crippen LogP contribution in [0.25, 0.3) is 82.5 Å². The molecule has 9 aromatic carbocycles. The van der Waals surface area contributed by atoms with Crippen molar-refractivity contribution in [2.24, 2.45) is 0 Å². The fourth-order valence-electron chi connectivity index (χ4n) is 8.46. The third-order valence-electron chi connectivity index (χ3n) is 11.0. The third-order valence-corrected chi connectivity index (χ3v) is 11.0. The van der Waals surface area contributed by atoms with Gasteiger partial charge >= 0.3 is 0 Å². The quantitative estimate of drug-likeness (QED) is 0.172. The van der Waals surface area contributed by atoms with Gasteiger partial charge in [0.15, 0.2) is 0 Å². The molecule has 0 atom stereocenters. The highest BCUT2D eigenvalue weighted by atomic mass is 16.3. The van der Waals surface area contributed by atoms with E-state index in [1.54, 1.807) is 0 Å². The van der Waals surface area contributed by atoms with Crippen molar-refractivity contribution in [3.05, 3.63) is 206 Å². The van der Waals surface area contributed by atoms with Gasteiger partial charge in [0.25, 0.3) is 0 Å². The fourth-order valence-corrected chi connectivity index (χ4v) is 8.46. The molecule has 3 heteroatoms. The molecule has 0 amide bonds. The van der Waals surface area contributed by atoms with Gasteiger partial charge in [0, 0.05) is 44.3 Å². The molecule has 2 aromatic heterocycles. The second-order valence-electron chi connectivity index (χ2n) is 14.1. The molecular weight excluding hydrogens is 669 g/mol. The molecule has 0 aliphatic rings. The van der Waals surface area contributed by atoms with Gasteiger partial charge in [-0.2, -0.15) is 0 Å². The van der Waals surface area contributed by atoms with Gasteiger partial charge in [0.05, 0.1) is 11.0 Å². The topological polar surface area (TPSA) is 21.3 Å². The van der Waals surface area contributed by atoms with Gasteiger partial charge in [-0.3, -0.25) is 0 Å². The number of para-hydroxylation sites is 3. The van der Waals surface area contributed by atoms with Gasteiger partial charge in [-0.25, -0.2) is 0 Å². The van der Waals surface area contributed by atoms with Crippen LogP contribution in [0.4, 0.5) is 17.1 Å². The lowest BCUT2D eigenvalue weighted by molar-refractivity contribution is 0.669. The minimum absolute atomic E-state index is 0.886. The smallest absolute Gasteiger partial charge is 0.136 e. The molecule has 11 rings (SSSR count). The summed E-state index contributed by atoms with van der Waals surface area (Å²) in [7, 11) is 0. The number of hydrogen-bond acceptors (Lipinski definition) is 2. The van der Waals surface area contributed by atoms with Gasteiger partial charge in [-0.05, 0) is 106 Å². The van der Waals surface area contributed by atoms with Crippen molar-refractivity contribution in [2.45, 2.75) is 0 Å². The first-order chi connectivity index (χ1) is 27.3. The van der Waals surface area contributed by atoms with E-state index in [4.69, 9.17) is 4.42 Å². The monoisotopic (exact) mass is 702 g/mol. The van der Waals surface area contributed by atoms with Crippen molar-refractivity contribution in [3.63, 3.8) is 0 Å². The van der Waals surface area contributed by atoms with Gasteiger partial charge in [-0.1, -0.05) is 133 Å². The van der Waals surface area contributed by atoms with E-state index >= 15 is 0 Å². The summed E-state index contributed by atoms with van der Waals surface area (Å²) in [4.78, 5) is 2.33. The van der Waals surface area contributed by atoms with E-state index < -0.39 is 0 Å². The predicted molar refractivity (Wildman–Crippen MR) is 231 cm³/mol. The number of fused-ring (bicyclic) bond motifs is 8. The predicted octanol–water partition coefficient (Wildman–Crippen LogP) is 14.6. The number of benzene rings is 9. The molecule has 0 bridgehead atoms. The van der Waals surface area contributed by atoms with Gasteiger partial charge in [0.1, 0.15) is 11.2 Å². The molecule has 0 N–H and O–H groups in total. The first-order valence-electron chi connectivity index (χ1n) is 18.8. The summed E-state index contributed by atoms with van der Waals surface area (Å²) in [6, 6.07) is 73.8. The van der Waals surface area contributed by atoms with Crippen LogP contribution in [-0.4, -0.2) is 4.57 Å². The van der Waals surface area contributed by atoms with Crippen molar-refractivity contribution in [1.82, 2.24) is 4.57 Å². The highest BCUT2D eigenvalue weighted by molar-refractivity contribution is 6.23. The Morgan fingerprint density at radius 2 is 0.982 bits per heavy atom. The second kappa shape index (κ2) is 12.6. The Balaban J connectivity index is 1.08. The third kappa shape index (κ3) is 5.13. The number of aromatic nitrogens is 1. The van der Waals surface area contributed by atoms with E-state index in [0.717, 1.165) is 61.2 Å². The van der Waals surface area contributed by atoms with E-state index in [-0.39, 0.29) is 0 Å². The maximum Gasteiger partial charge on any atom is 0.136 e. The normalized spacial score (nSPS) is 11.6.